The Bertz CT molecular complexity index is 417. The molecule has 1 aliphatic heterocycles. The van der Waals surface area contributed by atoms with Crippen LogP contribution in [0, 0.1) is 5.92 Å². The SMILES string of the molecule is CCOC(=O)c1cccnc1OCC1CCCNC1. The van der Waals surface area contributed by atoms with Crippen LogP contribution in [0.15, 0.2) is 18.3 Å². The Morgan fingerprint density at radius 2 is 2.47 bits per heavy atom. The van der Waals surface area contributed by atoms with E-state index >= 15 is 0 Å². The molecule has 1 aromatic rings. The van der Waals surface area contributed by atoms with Gasteiger partial charge in [0.15, 0.2) is 0 Å². The van der Waals surface area contributed by atoms with Gasteiger partial charge in [-0.2, -0.15) is 0 Å². The van der Waals surface area contributed by atoms with Gasteiger partial charge in [0.1, 0.15) is 5.56 Å². The van der Waals surface area contributed by atoms with Crippen LogP contribution in [-0.4, -0.2) is 37.3 Å². The molecular formula is C14H20N2O3. The van der Waals surface area contributed by atoms with E-state index in [4.69, 9.17) is 9.47 Å². The molecule has 2 rings (SSSR count). The maximum absolute atomic E-state index is 11.8. The first-order valence-electron chi connectivity index (χ1n) is 6.77. The summed E-state index contributed by atoms with van der Waals surface area (Å²) >= 11 is 0. The fourth-order valence-corrected chi connectivity index (χ4v) is 2.13. The molecular weight excluding hydrogens is 244 g/mol. The molecule has 0 saturated carbocycles. The molecule has 0 aliphatic carbocycles. The summed E-state index contributed by atoms with van der Waals surface area (Å²) in [4.78, 5) is 15.9. The van der Waals surface area contributed by atoms with Gasteiger partial charge < -0.3 is 14.8 Å². The molecule has 0 bridgehead atoms. The Labute approximate surface area is 113 Å². The summed E-state index contributed by atoms with van der Waals surface area (Å²) in [6.45, 7) is 4.74. The van der Waals surface area contributed by atoms with Gasteiger partial charge in [-0.25, -0.2) is 9.78 Å². The Balaban J connectivity index is 1.97. The van der Waals surface area contributed by atoms with Crippen molar-refractivity contribution in [3.63, 3.8) is 0 Å². The second-order valence-electron chi connectivity index (χ2n) is 4.60. The van der Waals surface area contributed by atoms with Crippen molar-refractivity contribution in [1.82, 2.24) is 10.3 Å². The van der Waals surface area contributed by atoms with E-state index in [1.807, 2.05) is 0 Å². The molecule has 5 heteroatoms. The molecule has 0 aromatic carbocycles. The van der Waals surface area contributed by atoms with Crippen molar-refractivity contribution in [2.45, 2.75) is 19.8 Å². The third kappa shape index (κ3) is 3.92. The highest BCUT2D eigenvalue weighted by Gasteiger charge is 2.18. The number of aromatic nitrogens is 1. The molecule has 104 valence electrons. The molecule has 1 N–H and O–H groups in total. The van der Waals surface area contributed by atoms with Gasteiger partial charge in [-0.1, -0.05) is 0 Å². The van der Waals surface area contributed by atoms with E-state index < -0.39 is 0 Å². The summed E-state index contributed by atoms with van der Waals surface area (Å²) in [6.07, 6.45) is 3.94. The zero-order valence-electron chi connectivity index (χ0n) is 11.2. The van der Waals surface area contributed by atoms with Crippen molar-refractivity contribution in [1.29, 1.82) is 0 Å². The summed E-state index contributed by atoms with van der Waals surface area (Å²) in [5, 5.41) is 3.34. The molecule has 5 nitrogen and oxygen atoms in total. The molecule has 1 atom stereocenters. The minimum absolute atomic E-state index is 0.347. The van der Waals surface area contributed by atoms with E-state index in [0.717, 1.165) is 19.5 Å². The highest BCUT2D eigenvalue weighted by atomic mass is 16.5. The number of pyridine rings is 1. The lowest BCUT2D eigenvalue weighted by Gasteiger charge is -2.22. The van der Waals surface area contributed by atoms with Crippen LogP contribution in [0.25, 0.3) is 0 Å². The topological polar surface area (TPSA) is 60.5 Å². The van der Waals surface area contributed by atoms with Gasteiger partial charge in [0, 0.05) is 18.7 Å². The molecule has 1 saturated heterocycles. The van der Waals surface area contributed by atoms with Gasteiger partial charge in [-0.15, -0.1) is 0 Å². The van der Waals surface area contributed by atoms with Crippen LogP contribution in [0.4, 0.5) is 0 Å². The van der Waals surface area contributed by atoms with Gasteiger partial charge in [0.05, 0.1) is 13.2 Å². The van der Waals surface area contributed by atoms with Gasteiger partial charge in [0.2, 0.25) is 5.88 Å². The highest BCUT2D eigenvalue weighted by Crippen LogP contribution is 2.18. The third-order valence-electron chi connectivity index (χ3n) is 3.12. The van der Waals surface area contributed by atoms with Crippen molar-refractivity contribution < 1.29 is 14.3 Å². The molecule has 1 aromatic heterocycles. The number of carbonyl (C=O) groups excluding carboxylic acids is 1. The molecule has 0 radical (unpaired) electrons. The summed E-state index contributed by atoms with van der Waals surface area (Å²) in [6, 6.07) is 3.39. The van der Waals surface area contributed by atoms with Crippen molar-refractivity contribution in [2.24, 2.45) is 5.92 Å². The van der Waals surface area contributed by atoms with Crippen LogP contribution in [0.5, 0.6) is 5.88 Å². The zero-order valence-corrected chi connectivity index (χ0v) is 11.2. The number of carbonyl (C=O) groups is 1. The van der Waals surface area contributed by atoms with E-state index in [-0.39, 0.29) is 5.97 Å². The number of nitrogens with zero attached hydrogens (tertiary/aromatic N) is 1. The fourth-order valence-electron chi connectivity index (χ4n) is 2.13. The summed E-state index contributed by atoms with van der Waals surface area (Å²) in [5.41, 5.74) is 0.396. The molecule has 2 heterocycles. The fraction of sp³-hybridized carbons (Fsp3) is 0.571. The molecule has 19 heavy (non-hydrogen) atoms. The van der Waals surface area contributed by atoms with Gasteiger partial charge in [-0.05, 0) is 38.4 Å². The second-order valence-corrected chi connectivity index (χ2v) is 4.60. The minimum atomic E-state index is -0.382. The van der Waals surface area contributed by atoms with Crippen LogP contribution in [0.3, 0.4) is 0 Å². The average molecular weight is 264 g/mol. The predicted molar refractivity (Wildman–Crippen MR) is 71.3 cm³/mol. The van der Waals surface area contributed by atoms with Crippen LogP contribution < -0.4 is 10.1 Å². The number of hydrogen-bond acceptors (Lipinski definition) is 5. The van der Waals surface area contributed by atoms with Crippen LogP contribution in [-0.2, 0) is 4.74 Å². The summed E-state index contributed by atoms with van der Waals surface area (Å²) in [7, 11) is 0. The first-order valence-corrected chi connectivity index (χ1v) is 6.77. The van der Waals surface area contributed by atoms with E-state index in [0.29, 0.717) is 30.6 Å². The molecule has 1 aliphatic rings. The predicted octanol–water partition coefficient (Wildman–Crippen LogP) is 1.64. The average Bonchev–Trinajstić information content (AvgIpc) is 2.47. The molecule has 1 fully saturated rings. The number of nitrogens with one attached hydrogen (secondary N) is 1. The molecule has 0 amide bonds. The lowest BCUT2D eigenvalue weighted by molar-refractivity contribution is 0.0519. The Morgan fingerprint density at radius 1 is 1.58 bits per heavy atom. The van der Waals surface area contributed by atoms with Crippen LogP contribution in [0.1, 0.15) is 30.1 Å². The van der Waals surface area contributed by atoms with Gasteiger partial charge >= 0.3 is 5.97 Å². The Hall–Kier alpha value is -1.62. The van der Waals surface area contributed by atoms with Gasteiger partial charge in [0.25, 0.3) is 0 Å². The highest BCUT2D eigenvalue weighted by molar-refractivity contribution is 5.91. The van der Waals surface area contributed by atoms with Crippen molar-refractivity contribution in [2.75, 3.05) is 26.3 Å². The number of hydrogen-bond donors (Lipinski definition) is 1. The molecule has 0 spiro atoms. The first-order chi connectivity index (χ1) is 9.31. The maximum Gasteiger partial charge on any atom is 0.343 e. The minimum Gasteiger partial charge on any atom is -0.477 e. The van der Waals surface area contributed by atoms with Gasteiger partial charge in [-0.3, -0.25) is 0 Å². The van der Waals surface area contributed by atoms with Crippen LogP contribution >= 0.6 is 0 Å². The second kappa shape index (κ2) is 7.09. The summed E-state index contributed by atoms with van der Waals surface area (Å²) < 4.78 is 10.7. The van der Waals surface area contributed by atoms with Crippen molar-refractivity contribution in [3.05, 3.63) is 23.9 Å². The largest absolute Gasteiger partial charge is 0.477 e. The maximum atomic E-state index is 11.8. The van der Waals surface area contributed by atoms with Crippen LogP contribution in [0.2, 0.25) is 0 Å². The van der Waals surface area contributed by atoms with E-state index in [9.17, 15) is 4.79 Å². The standard InChI is InChI=1S/C14H20N2O3/c1-2-18-14(17)12-6-4-8-16-13(12)19-10-11-5-3-7-15-9-11/h4,6,8,11,15H,2-3,5,7,9-10H2,1H3. The summed E-state index contributed by atoms with van der Waals surface area (Å²) in [5.74, 6) is 0.463. The third-order valence-corrected chi connectivity index (χ3v) is 3.12. The lowest BCUT2D eigenvalue weighted by Crippen LogP contribution is -2.33. The Kier molecular flexibility index (Phi) is 5.15. The van der Waals surface area contributed by atoms with Crippen molar-refractivity contribution in [3.8, 4) is 5.88 Å². The molecule has 1 unspecified atom stereocenters. The van der Waals surface area contributed by atoms with E-state index in [1.54, 1.807) is 25.3 Å². The smallest absolute Gasteiger partial charge is 0.343 e. The normalized spacial score (nSPS) is 18.9. The monoisotopic (exact) mass is 264 g/mol. The van der Waals surface area contributed by atoms with Crippen molar-refractivity contribution >= 4 is 5.97 Å². The quantitative estimate of drug-likeness (QED) is 0.819. The van der Waals surface area contributed by atoms with E-state index in [1.165, 1.54) is 6.42 Å². The first kappa shape index (κ1) is 13.8. The Morgan fingerprint density at radius 3 is 3.21 bits per heavy atom. The number of rotatable bonds is 5. The number of esters is 1. The van der Waals surface area contributed by atoms with E-state index in [2.05, 4.69) is 10.3 Å². The lowest BCUT2D eigenvalue weighted by atomic mass is 10.0. The number of ether oxygens (including phenoxy) is 2. The zero-order chi connectivity index (χ0) is 13.5. The number of piperidine rings is 1.